The first-order valence-corrected chi connectivity index (χ1v) is 10.1. The van der Waals surface area contributed by atoms with Gasteiger partial charge in [0.2, 0.25) is 0 Å². The summed E-state index contributed by atoms with van der Waals surface area (Å²) < 4.78 is 4.96. The fourth-order valence-corrected chi connectivity index (χ4v) is 2.15. The van der Waals surface area contributed by atoms with Crippen LogP contribution < -0.4 is 0 Å². The zero-order valence-corrected chi connectivity index (χ0v) is 18.5. The maximum absolute atomic E-state index is 4.96. The Morgan fingerprint density at radius 1 is 1.00 bits per heavy atom. The van der Waals surface area contributed by atoms with Crippen LogP contribution in [0.3, 0.4) is 0 Å². The molecule has 2 nitrogen and oxygen atoms in total. The van der Waals surface area contributed by atoms with Crippen LogP contribution in [0, 0.1) is 5.92 Å². The molecule has 0 unspecified atom stereocenters. The van der Waals surface area contributed by atoms with Crippen LogP contribution in [0.15, 0.2) is 73.8 Å². The van der Waals surface area contributed by atoms with Crippen molar-refractivity contribution in [2.24, 2.45) is 5.92 Å². The fourth-order valence-electron chi connectivity index (χ4n) is 2.15. The molecule has 0 atom stereocenters. The van der Waals surface area contributed by atoms with E-state index in [4.69, 9.17) is 4.74 Å². The lowest BCUT2D eigenvalue weighted by molar-refractivity contribution is -0.147. The first-order chi connectivity index (χ1) is 13.4. The summed E-state index contributed by atoms with van der Waals surface area (Å²) in [5.41, 5.74) is 3.51. The Labute approximate surface area is 173 Å². The van der Waals surface area contributed by atoms with Gasteiger partial charge in [0.25, 0.3) is 0 Å². The molecule has 1 aliphatic heterocycles. The van der Waals surface area contributed by atoms with Gasteiger partial charge in [-0.15, -0.1) is 0 Å². The lowest BCUT2D eigenvalue weighted by atomic mass is 10.1. The molecule has 1 aliphatic rings. The van der Waals surface area contributed by atoms with E-state index >= 15 is 0 Å². The van der Waals surface area contributed by atoms with Gasteiger partial charge in [-0.3, -0.25) is 4.90 Å². The second-order valence-corrected chi connectivity index (χ2v) is 7.18. The van der Waals surface area contributed by atoms with Crippen LogP contribution in [0.1, 0.15) is 52.2 Å². The van der Waals surface area contributed by atoms with E-state index in [1.54, 1.807) is 0 Å². The third kappa shape index (κ3) is 14.0. The highest BCUT2D eigenvalue weighted by Crippen LogP contribution is 2.08. The van der Waals surface area contributed by atoms with Gasteiger partial charge in [0.05, 0.1) is 0 Å². The molecule has 154 valence electrons. The van der Waals surface area contributed by atoms with Crippen molar-refractivity contribution in [2.75, 3.05) is 20.0 Å². The summed E-state index contributed by atoms with van der Waals surface area (Å²) in [7, 11) is 0. The fraction of sp³-hybridized carbons (Fsp3) is 0.385. The minimum Gasteiger partial charge on any atom is -0.351 e. The van der Waals surface area contributed by atoms with Crippen molar-refractivity contribution in [1.82, 2.24) is 4.90 Å². The molecule has 0 N–H and O–H groups in total. The third-order valence-electron chi connectivity index (χ3n) is 3.47. The van der Waals surface area contributed by atoms with E-state index in [-0.39, 0.29) is 0 Å². The quantitative estimate of drug-likeness (QED) is 0.548. The molecule has 0 amide bonds. The Kier molecular flexibility index (Phi) is 15.7. The molecule has 1 heterocycles. The summed E-state index contributed by atoms with van der Waals surface area (Å²) in [6.45, 7) is 21.0. The third-order valence-corrected chi connectivity index (χ3v) is 3.47. The van der Waals surface area contributed by atoms with Crippen LogP contribution in [0.2, 0.25) is 0 Å². The lowest BCUT2D eigenvalue weighted by Crippen LogP contribution is -2.41. The van der Waals surface area contributed by atoms with Gasteiger partial charge in [-0.05, 0) is 24.0 Å². The van der Waals surface area contributed by atoms with Crippen molar-refractivity contribution in [3.63, 3.8) is 0 Å². The Morgan fingerprint density at radius 2 is 1.46 bits per heavy atom. The van der Waals surface area contributed by atoms with Crippen LogP contribution >= 0.6 is 0 Å². The molecule has 0 aromatic heterocycles. The summed E-state index contributed by atoms with van der Waals surface area (Å²) >= 11 is 0. The Hall–Kier alpha value is -2.16. The number of ether oxygens (including phenoxy) is 1. The van der Waals surface area contributed by atoms with E-state index < -0.39 is 0 Å². The normalized spacial score (nSPS) is 12.1. The monoisotopic (exact) mass is 381 g/mol. The smallest absolute Gasteiger partial charge is 0.103 e. The molecule has 0 spiro atoms. The van der Waals surface area contributed by atoms with E-state index in [9.17, 15) is 0 Å². The van der Waals surface area contributed by atoms with E-state index in [0.717, 1.165) is 25.0 Å². The molecule has 3 rings (SSSR count). The standard InChI is InChI=1S/C9H10.C8H8.C6H13NO.C3H8/c1-8(2)9-6-4-3-5-7-9;1-2-8-6-4-3-5-7-8;1-6(2)3-7-4-8-5-7;1-3-2/h3-7H,1H2,2H3;2-7H,1H2;6H,3-5H2,1-2H3;3H2,1-2H3. The molecule has 1 saturated heterocycles. The molecule has 1 fully saturated rings. The molecule has 2 aromatic rings. The number of benzene rings is 2. The summed E-state index contributed by atoms with van der Waals surface area (Å²) in [6, 6.07) is 20.2. The van der Waals surface area contributed by atoms with Crippen molar-refractivity contribution >= 4 is 11.6 Å². The number of rotatable bonds is 4. The largest absolute Gasteiger partial charge is 0.351 e. The van der Waals surface area contributed by atoms with Crippen molar-refractivity contribution in [1.29, 1.82) is 0 Å². The van der Waals surface area contributed by atoms with Gasteiger partial charge >= 0.3 is 0 Å². The topological polar surface area (TPSA) is 12.5 Å². The number of nitrogens with zero attached hydrogens (tertiary/aromatic N) is 1. The molecule has 2 aromatic carbocycles. The van der Waals surface area contributed by atoms with Crippen molar-refractivity contribution in [3.05, 3.63) is 84.9 Å². The van der Waals surface area contributed by atoms with Crippen LogP contribution in [0.25, 0.3) is 11.6 Å². The molecule has 28 heavy (non-hydrogen) atoms. The summed E-state index contributed by atoms with van der Waals surface area (Å²) in [6.07, 6.45) is 3.08. The predicted molar refractivity (Wildman–Crippen MR) is 126 cm³/mol. The van der Waals surface area contributed by atoms with Gasteiger partial charge in [-0.1, -0.05) is 120 Å². The molecule has 0 saturated carbocycles. The molecule has 0 bridgehead atoms. The van der Waals surface area contributed by atoms with Crippen molar-refractivity contribution in [2.45, 2.75) is 41.0 Å². The number of hydrogen-bond donors (Lipinski definition) is 0. The Morgan fingerprint density at radius 3 is 1.68 bits per heavy atom. The Bertz CT molecular complexity index is 615. The molecule has 0 radical (unpaired) electrons. The van der Waals surface area contributed by atoms with Gasteiger partial charge in [-0.25, -0.2) is 0 Å². The molecule has 0 aliphatic carbocycles. The average molecular weight is 382 g/mol. The zero-order chi connectivity index (χ0) is 21.2. The minimum absolute atomic E-state index is 0.777. The van der Waals surface area contributed by atoms with Crippen molar-refractivity contribution < 1.29 is 4.74 Å². The van der Waals surface area contributed by atoms with E-state index in [1.807, 2.05) is 61.5 Å². The molecular weight excluding hydrogens is 342 g/mol. The minimum atomic E-state index is 0.777. The van der Waals surface area contributed by atoms with Crippen LogP contribution in [-0.2, 0) is 4.74 Å². The maximum Gasteiger partial charge on any atom is 0.103 e. The van der Waals surface area contributed by atoms with Gasteiger partial charge < -0.3 is 4.74 Å². The predicted octanol–water partition coefficient (Wildman–Crippen LogP) is 7.36. The first kappa shape index (κ1) is 25.8. The Balaban J connectivity index is 0.000000365. The highest BCUT2D eigenvalue weighted by Gasteiger charge is 2.14. The lowest BCUT2D eigenvalue weighted by Gasteiger charge is -2.31. The van der Waals surface area contributed by atoms with Crippen molar-refractivity contribution in [3.8, 4) is 0 Å². The second kappa shape index (κ2) is 17.0. The molecular formula is C26H39NO. The maximum atomic E-state index is 4.96. The van der Waals surface area contributed by atoms with E-state index in [0.29, 0.717) is 0 Å². The van der Waals surface area contributed by atoms with E-state index in [1.165, 1.54) is 24.1 Å². The van der Waals surface area contributed by atoms with E-state index in [2.05, 4.69) is 57.9 Å². The van der Waals surface area contributed by atoms with Crippen LogP contribution in [0.5, 0.6) is 0 Å². The number of allylic oxidation sites excluding steroid dienone is 1. The van der Waals surface area contributed by atoms with Gasteiger partial charge in [0.15, 0.2) is 0 Å². The summed E-state index contributed by atoms with van der Waals surface area (Å²) in [4.78, 5) is 2.28. The summed E-state index contributed by atoms with van der Waals surface area (Å²) in [5.74, 6) is 0.777. The van der Waals surface area contributed by atoms with Gasteiger partial charge in [0.1, 0.15) is 13.5 Å². The van der Waals surface area contributed by atoms with Crippen LogP contribution in [0.4, 0.5) is 0 Å². The summed E-state index contributed by atoms with van der Waals surface area (Å²) in [5, 5.41) is 0. The average Bonchev–Trinajstić information content (AvgIpc) is 2.68. The van der Waals surface area contributed by atoms with Gasteiger partial charge in [-0.2, -0.15) is 0 Å². The second-order valence-electron chi connectivity index (χ2n) is 7.18. The number of hydrogen-bond acceptors (Lipinski definition) is 2. The zero-order valence-electron chi connectivity index (χ0n) is 18.5. The van der Waals surface area contributed by atoms with Crippen LogP contribution in [-0.4, -0.2) is 24.9 Å². The molecule has 2 heteroatoms. The first-order valence-electron chi connectivity index (χ1n) is 10.1. The van der Waals surface area contributed by atoms with Gasteiger partial charge in [0, 0.05) is 6.54 Å². The SMILES string of the molecule is C=C(C)c1ccccc1.C=Cc1ccccc1.CC(C)CN1COC1.CCC. The highest BCUT2D eigenvalue weighted by atomic mass is 16.5. The highest BCUT2D eigenvalue weighted by molar-refractivity contribution is 5.60.